The second-order valence-corrected chi connectivity index (χ2v) is 25.6. The number of nitrogens with one attached hydrogen (secondary N) is 4. The number of hydrogen-bond donors (Lipinski definition) is 4. The molecule has 6 aromatic carbocycles. The number of para-hydroxylation sites is 3. The first-order valence-electron chi connectivity index (χ1n) is 32.7. The third kappa shape index (κ3) is 14.0. The molecule has 4 N–H and O–H groups in total. The Kier molecular flexibility index (Phi) is 21.8. The normalized spacial score (nSPS) is 21.3. The van der Waals surface area contributed by atoms with Crippen LogP contribution in [0.1, 0.15) is 128 Å². The molecule has 21 nitrogen and oxygen atoms in total. The predicted octanol–water partition coefficient (Wildman–Crippen LogP) is 12.9. The SMILES string of the molecule is CCOC(=O)[C@@H]1N[C@H](c2ccc3c(c2)OCO3)c2[nH]c3ccccc3c2[C@H]1C.CCOC(=O)[C@H]1[C@H](C)c2c([nH]c3ccccc23)[C@@H](c2ccc3c(c2)OCO3)N1CC(=O)CCl.CCOC(=O)[C@H]1[C@H](C)c2c([nH]c3ccccc23)[C@H](c2ccc3c(c2)OCO3)N1CC(=O)CCl.O=C(Cl)CCl. The highest BCUT2D eigenvalue weighted by molar-refractivity contribution is 6.67. The molecule has 0 amide bonds. The van der Waals surface area contributed by atoms with E-state index in [0.717, 1.165) is 94.7 Å². The fourth-order valence-electron chi connectivity index (χ4n) is 14.5. The zero-order valence-corrected chi connectivity index (χ0v) is 58.2. The van der Waals surface area contributed by atoms with E-state index in [2.05, 4.69) is 51.5 Å². The number of H-pyrrole nitrogens is 3. The molecule has 9 heterocycles. The van der Waals surface area contributed by atoms with E-state index in [1.165, 1.54) is 0 Å². The number of aromatic nitrogens is 3. The van der Waals surface area contributed by atoms with Gasteiger partial charge in [-0.1, -0.05) is 93.6 Å². The molecule has 0 bridgehead atoms. The number of hydrogen-bond acceptors (Lipinski definition) is 18. The summed E-state index contributed by atoms with van der Waals surface area (Å²) in [7, 11) is 0. The quantitative estimate of drug-likeness (QED) is 0.0304. The molecule has 6 aliphatic heterocycles. The van der Waals surface area contributed by atoms with Gasteiger partial charge in [0.1, 0.15) is 18.1 Å². The van der Waals surface area contributed by atoms with Crippen molar-refractivity contribution < 1.29 is 71.4 Å². The average Bonchev–Trinajstić information content (AvgIpc) is 1.65. The van der Waals surface area contributed by atoms with Gasteiger partial charge in [0.15, 0.2) is 46.1 Å². The Morgan fingerprint density at radius 2 is 0.788 bits per heavy atom. The third-order valence-electron chi connectivity index (χ3n) is 18.6. The topological polar surface area (TPSA) is 251 Å². The maximum atomic E-state index is 13.3. The molecule has 0 saturated carbocycles. The van der Waals surface area contributed by atoms with Crippen LogP contribution in [-0.2, 0) is 43.0 Å². The van der Waals surface area contributed by atoms with Gasteiger partial charge < -0.3 is 57.6 Å². The van der Waals surface area contributed by atoms with Crippen molar-refractivity contribution in [3.8, 4) is 34.5 Å². The number of halogens is 4. The molecule has 15 rings (SSSR count). The van der Waals surface area contributed by atoms with Crippen LogP contribution in [0.2, 0.25) is 0 Å². The maximum Gasteiger partial charge on any atom is 0.324 e. The number of benzene rings is 6. The van der Waals surface area contributed by atoms with E-state index in [1.807, 2.05) is 134 Å². The summed E-state index contributed by atoms with van der Waals surface area (Å²) in [6, 6.07) is 38.9. The van der Waals surface area contributed by atoms with Gasteiger partial charge in [-0.3, -0.25) is 43.9 Å². The van der Waals surface area contributed by atoms with Crippen molar-refractivity contribution in [2.45, 2.75) is 95.5 Å². The summed E-state index contributed by atoms with van der Waals surface area (Å²) >= 11 is 21.3. The highest BCUT2D eigenvalue weighted by Crippen LogP contribution is 2.51. The smallest absolute Gasteiger partial charge is 0.324 e. The summed E-state index contributed by atoms with van der Waals surface area (Å²) in [5, 5.41) is 6.26. The van der Waals surface area contributed by atoms with Gasteiger partial charge >= 0.3 is 17.9 Å². The van der Waals surface area contributed by atoms with Gasteiger partial charge in [-0.2, -0.15) is 0 Å². The number of rotatable bonds is 16. The van der Waals surface area contributed by atoms with Crippen LogP contribution in [0.15, 0.2) is 127 Å². The summed E-state index contributed by atoms with van der Waals surface area (Å²) in [6.45, 7) is 13.0. The largest absolute Gasteiger partial charge is 0.465 e. The summed E-state index contributed by atoms with van der Waals surface area (Å²) in [5.41, 5.74) is 12.1. The number of Topliss-reactive ketones (excluding diaryl/α,β-unsaturated/α-hetero) is 2. The minimum Gasteiger partial charge on any atom is -0.465 e. The van der Waals surface area contributed by atoms with Crippen molar-refractivity contribution in [1.29, 1.82) is 0 Å². The molecule has 0 fully saturated rings. The van der Waals surface area contributed by atoms with Crippen LogP contribution in [-0.4, -0.2) is 149 Å². The fraction of sp³-hybridized carbons (Fsp3) is 0.351. The van der Waals surface area contributed by atoms with Crippen LogP contribution >= 0.6 is 46.4 Å². The molecule has 9 aromatic rings. The average molecular weight is 1430 g/mol. The Labute approximate surface area is 590 Å². The monoisotopic (exact) mass is 1430 g/mol. The van der Waals surface area contributed by atoms with E-state index in [9.17, 15) is 28.8 Å². The minimum atomic E-state index is -0.653. The second-order valence-electron chi connectivity index (χ2n) is 24.4. The Morgan fingerprint density at radius 3 is 1.17 bits per heavy atom. The van der Waals surface area contributed by atoms with Crippen LogP contribution in [0, 0.1) is 0 Å². The van der Waals surface area contributed by atoms with Gasteiger partial charge in [-0.25, -0.2) is 0 Å². The number of carbonyl (C=O) groups is 6. The van der Waals surface area contributed by atoms with E-state index < -0.39 is 35.5 Å². The predicted molar refractivity (Wildman–Crippen MR) is 374 cm³/mol. The van der Waals surface area contributed by atoms with Crippen molar-refractivity contribution in [2.75, 3.05) is 70.9 Å². The number of ether oxygens (including phenoxy) is 9. The van der Waals surface area contributed by atoms with Crippen LogP contribution in [0.25, 0.3) is 32.7 Å². The van der Waals surface area contributed by atoms with Crippen molar-refractivity contribution >= 4 is 114 Å². The molecule has 0 unspecified atom stereocenters. The molecule has 0 spiro atoms. The molecule has 0 radical (unpaired) electrons. The molecule has 6 aliphatic rings. The van der Waals surface area contributed by atoms with Crippen molar-refractivity contribution in [3.63, 3.8) is 0 Å². The van der Waals surface area contributed by atoms with E-state index in [-0.39, 0.29) is 118 Å². The lowest BCUT2D eigenvalue weighted by Crippen LogP contribution is -2.52. The van der Waals surface area contributed by atoms with Crippen LogP contribution in [0.5, 0.6) is 34.5 Å². The number of carbonyl (C=O) groups excluding carboxylic acids is 6. The van der Waals surface area contributed by atoms with Gasteiger partial charge in [0.2, 0.25) is 25.6 Å². The van der Waals surface area contributed by atoms with E-state index >= 15 is 0 Å². The first-order chi connectivity index (χ1) is 48.0. The standard InChI is InChI=1S/2C25H25ClN2O5.C22H22N2O4.C2H2Cl2O/c2*1-3-31-25(30)23-14(2)21-17-6-4-5-7-18(17)27-22(21)24(28(23)12-16(29)11-26)15-8-9-19-20(10-15)33-13-32-19;1-3-26-22(25)19-12(2)18-14-6-4-5-7-15(14)23-21(18)20(24-19)13-8-9-16-17(10-13)28-11-27-16;3-1-2(4)5/h2*4-10,14,23-24,27H,3,11-13H2,1-2H3;4-10,12,19-20,23-24H,3,11H2,1-2H3;1H2/t14-,23-,24+;14-,23-,24-;12-,19-,20-;/m111./s1. The summed E-state index contributed by atoms with van der Waals surface area (Å²) < 4.78 is 49.5. The highest BCUT2D eigenvalue weighted by Gasteiger charge is 2.49. The van der Waals surface area contributed by atoms with Crippen LogP contribution in [0.4, 0.5) is 0 Å². The Bertz CT molecular complexity index is 4330. The molecule has 0 saturated heterocycles. The molecule has 25 heteroatoms. The summed E-state index contributed by atoms with van der Waals surface area (Å²) in [5.74, 6) is 2.04. The Hall–Kier alpha value is -8.80. The van der Waals surface area contributed by atoms with Crippen LogP contribution < -0.4 is 33.7 Å². The molecule has 9 atom stereocenters. The third-order valence-corrected chi connectivity index (χ3v) is 19.7. The Balaban J connectivity index is 0.000000137. The first-order valence-corrected chi connectivity index (χ1v) is 34.7. The van der Waals surface area contributed by atoms with Gasteiger partial charge in [0, 0.05) is 67.5 Å². The van der Waals surface area contributed by atoms with E-state index in [4.69, 9.17) is 89.0 Å². The summed E-state index contributed by atoms with van der Waals surface area (Å²) in [6.07, 6.45) is 0. The maximum absolute atomic E-state index is 13.3. The van der Waals surface area contributed by atoms with E-state index in [1.54, 1.807) is 13.8 Å². The fourth-order valence-corrected chi connectivity index (χ4v) is 14.7. The molecule has 0 aliphatic carbocycles. The minimum absolute atomic E-state index is 0.0181. The van der Waals surface area contributed by atoms with Crippen molar-refractivity contribution in [2.24, 2.45) is 0 Å². The highest BCUT2D eigenvalue weighted by atomic mass is 35.5. The number of fused-ring (bicyclic) bond motifs is 12. The van der Waals surface area contributed by atoms with Crippen LogP contribution in [0.3, 0.4) is 0 Å². The summed E-state index contributed by atoms with van der Waals surface area (Å²) in [4.78, 5) is 88.3. The molecule has 99 heavy (non-hydrogen) atoms. The van der Waals surface area contributed by atoms with Crippen molar-refractivity contribution in [3.05, 3.63) is 178 Å². The van der Waals surface area contributed by atoms with Gasteiger partial charge in [0.05, 0.1) is 68.7 Å². The molecule has 518 valence electrons. The zero-order valence-electron chi connectivity index (χ0n) is 55.1. The first kappa shape index (κ1) is 70.1. The number of nitrogens with zero attached hydrogens (tertiary/aromatic N) is 2. The zero-order chi connectivity index (χ0) is 69.8. The second kappa shape index (κ2) is 30.8. The molecular weight excluding hydrogens is 1350 g/mol. The number of esters is 3. The molecule has 3 aromatic heterocycles. The lowest BCUT2D eigenvalue weighted by Gasteiger charge is -2.43. The lowest BCUT2D eigenvalue weighted by molar-refractivity contribution is -0.153. The number of aromatic amines is 3. The van der Waals surface area contributed by atoms with Crippen molar-refractivity contribution in [1.82, 2.24) is 30.1 Å². The Morgan fingerprint density at radius 1 is 0.444 bits per heavy atom. The van der Waals surface area contributed by atoms with Gasteiger partial charge in [0.25, 0.3) is 0 Å². The van der Waals surface area contributed by atoms with Gasteiger partial charge in [-0.05, 0) is 120 Å². The number of alkyl halides is 3. The molecular formula is C74H74Cl4N6O15. The van der Waals surface area contributed by atoms with E-state index in [0.29, 0.717) is 29.6 Å². The van der Waals surface area contributed by atoms with Gasteiger partial charge in [-0.15, -0.1) is 34.8 Å². The lowest BCUT2D eigenvalue weighted by atomic mass is 9.80. The number of ketones is 2.